The number of Topliss-reactive ketones (excluding diaryl/α,β-unsaturated/α-hetero) is 1. The summed E-state index contributed by atoms with van der Waals surface area (Å²) < 4.78 is 16.0. The molecule has 3 aromatic rings. The van der Waals surface area contributed by atoms with Crippen LogP contribution in [0.15, 0.2) is 54.9 Å². The van der Waals surface area contributed by atoms with Crippen LogP contribution in [-0.4, -0.2) is 37.2 Å². The fourth-order valence-corrected chi connectivity index (χ4v) is 3.83. The molecule has 30 heavy (non-hydrogen) atoms. The van der Waals surface area contributed by atoms with Crippen LogP contribution in [0.3, 0.4) is 0 Å². The van der Waals surface area contributed by atoms with Crippen molar-refractivity contribution in [2.75, 3.05) is 25.6 Å². The number of aryl methyl sites for hydroxylation is 1. The van der Waals surface area contributed by atoms with Crippen LogP contribution >= 0.6 is 0 Å². The number of fused-ring (bicyclic) bond motifs is 1. The van der Waals surface area contributed by atoms with Gasteiger partial charge in [0.05, 0.1) is 6.54 Å². The molecule has 1 aliphatic heterocycles. The zero-order valence-electron chi connectivity index (χ0n) is 18.0. The molecule has 0 unspecified atom stereocenters. The first-order chi connectivity index (χ1) is 14.4. The minimum absolute atomic E-state index is 0.0967. The number of para-hydroxylation sites is 2. The number of nitrogens with zero attached hydrogens (tertiary/aromatic N) is 3. The van der Waals surface area contributed by atoms with Gasteiger partial charge in [-0.3, -0.25) is 4.79 Å². The fourth-order valence-electron chi connectivity index (χ4n) is 3.83. The second kappa shape index (κ2) is 8.22. The normalized spacial score (nSPS) is 15.1. The van der Waals surface area contributed by atoms with Gasteiger partial charge in [0.25, 0.3) is 0 Å². The summed E-state index contributed by atoms with van der Waals surface area (Å²) in [4.78, 5) is 15.0. The summed E-state index contributed by atoms with van der Waals surface area (Å²) in [5.41, 5.74) is 3.87. The van der Waals surface area contributed by atoms with Crippen molar-refractivity contribution in [3.05, 3.63) is 71.8 Å². The van der Waals surface area contributed by atoms with Crippen LogP contribution in [-0.2, 0) is 13.1 Å². The van der Waals surface area contributed by atoms with Gasteiger partial charge in [0.1, 0.15) is 6.61 Å². The monoisotopic (exact) mass is 406 g/mol. The van der Waals surface area contributed by atoms with Gasteiger partial charge in [-0.15, -0.1) is 0 Å². The van der Waals surface area contributed by atoms with E-state index in [0.717, 1.165) is 34.1 Å². The molecule has 156 valence electrons. The van der Waals surface area contributed by atoms with Gasteiger partial charge in [-0.25, -0.2) is 0 Å². The zero-order chi connectivity index (χ0) is 21.3. The number of ether oxygens (including phenoxy) is 2. The molecule has 0 bridgehead atoms. The van der Waals surface area contributed by atoms with E-state index in [1.165, 1.54) is 0 Å². The van der Waals surface area contributed by atoms with Gasteiger partial charge in [-0.2, -0.15) is 4.57 Å². The van der Waals surface area contributed by atoms with E-state index in [4.69, 9.17) is 9.47 Å². The van der Waals surface area contributed by atoms with Crippen LogP contribution in [0.1, 0.15) is 21.7 Å². The van der Waals surface area contributed by atoms with Crippen molar-refractivity contribution in [1.82, 2.24) is 4.57 Å². The molecule has 1 aliphatic rings. The number of pyridine rings is 1. The highest BCUT2D eigenvalue weighted by molar-refractivity contribution is 5.96. The third kappa shape index (κ3) is 4.03. The molecule has 0 saturated heterocycles. The van der Waals surface area contributed by atoms with Crippen LogP contribution in [0.4, 0.5) is 5.69 Å². The van der Waals surface area contributed by atoms with Crippen molar-refractivity contribution in [1.29, 1.82) is 0 Å². The quantitative estimate of drug-likeness (QED) is 0.466. The first kappa shape index (κ1) is 20.0. The molecule has 0 aliphatic carbocycles. The van der Waals surface area contributed by atoms with Gasteiger partial charge in [0, 0.05) is 48.9 Å². The highest BCUT2D eigenvalue weighted by Crippen LogP contribution is 2.31. The Labute approximate surface area is 177 Å². The Balaban J connectivity index is 1.47. The average molecular weight is 407 g/mol. The van der Waals surface area contributed by atoms with Crippen molar-refractivity contribution < 1.29 is 18.8 Å². The van der Waals surface area contributed by atoms with Gasteiger partial charge in [-0.05, 0) is 32.0 Å². The maximum absolute atomic E-state index is 13.0. The van der Waals surface area contributed by atoms with Crippen molar-refractivity contribution in [3.8, 4) is 11.5 Å². The number of ketones is 1. The number of rotatable bonds is 6. The third-order valence-corrected chi connectivity index (χ3v) is 5.54. The lowest BCUT2D eigenvalue weighted by Gasteiger charge is -2.27. The van der Waals surface area contributed by atoms with Crippen molar-refractivity contribution in [3.63, 3.8) is 0 Å². The molecule has 1 atom stereocenters. The molecular formula is C24H28N3O3+. The largest absolute Gasteiger partial charge is 0.486 e. The number of carbonyl (C=O) groups excluding carboxylic acids is 1. The van der Waals surface area contributed by atoms with Gasteiger partial charge in [0.15, 0.2) is 30.0 Å². The Kier molecular flexibility index (Phi) is 5.48. The molecule has 6 nitrogen and oxygen atoms in total. The lowest BCUT2D eigenvalue weighted by atomic mass is 10.1. The Hall–Kier alpha value is -3.28. The predicted octanol–water partition coefficient (Wildman–Crippen LogP) is 3.18. The molecule has 0 radical (unpaired) electrons. The number of hydrogen-bond acceptors (Lipinski definition) is 4. The Bertz CT molecular complexity index is 1050. The summed E-state index contributed by atoms with van der Waals surface area (Å²) >= 11 is 0. The van der Waals surface area contributed by atoms with E-state index in [-0.39, 0.29) is 11.9 Å². The highest BCUT2D eigenvalue weighted by Gasteiger charge is 2.24. The molecule has 0 amide bonds. The van der Waals surface area contributed by atoms with Gasteiger partial charge in [-0.1, -0.05) is 12.1 Å². The molecule has 2 aromatic heterocycles. The van der Waals surface area contributed by atoms with Crippen molar-refractivity contribution >= 4 is 11.5 Å². The number of aromatic nitrogens is 2. The Morgan fingerprint density at radius 3 is 2.53 bits per heavy atom. The van der Waals surface area contributed by atoms with E-state index in [0.29, 0.717) is 19.7 Å². The standard InChI is InChI=1S/C24H28N3O3/c1-17-13-21(22(28)15-26-11-9-19(10-12-26)25(3)4)18(2)27(17)14-20-16-29-23-7-5-6-8-24(23)30-20/h5-13,20H,14-16H2,1-4H3/q+1/t20-/m1/s1. The minimum atomic E-state index is -0.0967. The third-order valence-electron chi connectivity index (χ3n) is 5.54. The molecule has 4 rings (SSSR count). The molecular weight excluding hydrogens is 378 g/mol. The number of carbonyl (C=O) groups is 1. The molecule has 3 heterocycles. The molecule has 6 heteroatoms. The fraction of sp³-hybridized carbons (Fsp3) is 0.333. The van der Waals surface area contributed by atoms with Crippen molar-refractivity contribution in [2.45, 2.75) is 33.0 Å². The van der Waals surface area contributed by atoms with Gasteiger partial charge in [0.2, 0.25) is 12.3 Å². The van der Waals surface area contributed by atoms with E-state index in [1.807, 2.05) is 92.3 Å². The number of anilines is 1. The molecule has 0 fully saturated rings. The smallest absolute Gasteiger partial charge is 0.229 e. The summed E-state index contributed by atoms with van der Waals surface area (Å²) in [6, 6.07) is 13.7. The minimum Gasteiger partial charge on any atom is -0.486 e. The van der Waals surface area contributed by atoms with Crippen LogP contribution in [0.2, 0.25) is 0 Å². The second-order valence-electron chi connectivity index (χ2n) is 7.94. The highest BCUT2D eigenvalue weighted by atomic mass is 16.6. The SMILES string of the molecule is Cc1cc(C(=O)C[n+]2ccc(N(C)C)cc2)c(C)n1C[C@@H]1COc2ccccc2O1. The predicted molar refractivity (Wildman–Crippen MR) is 116 cm³/mol. The summed E-state index contributed by atoms with van der Waals surface area (Å²) in [6.07, 6.45) is 3.79. The summed E-state index contributed by atoms with van der Waals surface area (Å²) in [7, 11) is 4.00. The van der Waals surface area contributed by atoms with Crippen LogP contribution < -0.4 is 18.9 Å². The maximum Gasteiger partial charge on any atom is 0.229 e. The van der Waals surface area contributed by atoms with E-state index >= 15 is 0 Å². The maximum atomic E-state index is 13.0. The molecule has 1 aromatic carbocycles. The molecule has 0 spiro atoms. The second-order valence-corrected chi connectivity index (χ2v) is 7.94. The molecule has 0 N–H and O–H groups in total. The summed E-state index contributed by atoms with van der Waals surface area (Å²) in [5.74, 6) is 1.65. The first-order valence-corrected chi connectivity index (χ1v) is 10.2. The molecule has 0 saturated carbocycles. The number of hydrogen-bond donors (Lipinski definition) is 0. The van der Waals surface area contributed by atoms with Gasteiger partial charge >= 0.3 is 0 Å². The topological polar surface area (TPSA) is 47.6 Å². The van der Waals surface area contributed by atoms with Crippen LogP contribution in [0, 0.1) is 13.8 Å². The lowest BCUT2D eigenvalue weighted by Crippen LogP contribution is -2.37. The average Bonchev–Trinajstić information content (AvgIpc) is 3.02. The van der Waals surface area contributed by atoms with E-state index in [2.05, 4.69) is 4.57 Å². The number of benzene rings is 1. The Morgan fingerprint density at radius 2 is 1.83 bits per heavy atom. The van der Waals surface area contributed by atoms with E-state index in [1.54, 1.807) is 0 Å². The first-order valence-electron chi connectivity index (χ1n) is 10.2. The Morgan fingerprint density at radius 1 is 1.13 bits per heavy atom. The van der Waals surface area contributed by atoms with Crippen LogP contribution in [0.5, 0.6) is 11.5 Å². The lowest BCUT2D eigenvalue weighted by molar-refractivity contribution is -0.683. The van der Waals surface area contributed by atoms with E-state index in [9.17, 15) is 4.79 Å². The zero-order valence-corrected chi connectivity index (χ0v) is 18.0. The summed E-state index contributed by atoms with van der Waals surface area (Å²) in [6.45, 7) is 5.47. The van der Waals surface area contributed by atoms with E-state index < -0.39 is 0 Å². The van der Waals surface area contributed by atoms with Gasteiger partial charge < -0.3 is 18.9 Å². The summed E-state index contributed by atoms with van der Waals surface area (Å²) in [5, 5.41) is 0. The van der Waals surface area contributed by atoms with Crippen LogP contribution in [0.25, 0.3) is 0 Å². The van der Waals surface area contributed by atoms with Crippen molar-refractivity contribution in [2.24, 2.45) is 0 Å².